The number of carbonyl (C=O) groups excluding carboxylic acids is 2. The third kappa shape index (κ3) is 3.67. The summed E-state index contributed by atoms with van der Waals surface area (Å²) in [6.07, 6.45) is 2.14. The van der Waals surface area contributed by atoms with Crippen molar-refractivity contribution in [2.24, 2.45) is 0 Å². The number of hydrogen-bond acceptors (Lipinski definition) is 2. The number of amides is 2. The number of nitrogens with one attached hydrogen (secondary N) is 1. The van der Waals surface area contributed by atoms with Crippen LogP contribution in [0.2, 0.25) is 0 Å². The topological polar surface area (TPSA) is 49.4 Å². The SMILES string of the molecule is Cc1ccc(NC(=O)c2ccc(C(=O)N3CCCC3)cc2)cc1Br. The van der Waals surface area contributed by atoms with E-state index in [2.05, 4.69) is 21.2 Å². The normalized spacial score (nSPS) is 13.8. The lowest BCUT2D eigenvalue weighted by atomic mass is 10.1. The van der Waals surface area contributed by atoms with Gasteiger partial charge >= 0.3 is 0 Å². The van der Waals surface area contributed by atoms with Crippen LogP contribution in [-0.4, -0.2) is 29.8 Å². The molecular weight excluding hydrogens is 368 g/mol. The minimum Gasteiger partial charge on any atom is -0.339 e. The van der Waals surface area contributed by atoms with Gasteiger partial charge in [0, 0.05) is 34.4 Å². The second-order valence-electron chi connectivity index (χ2n) is 5.99. The molecule has 0 unspecified atom stereocenters. The Morgan fingerprint density at radius 1 is 1.00 bits per heavy atom. The van der Waals surface area contributed by atoms with Crippen molar-refractivity contribution in [1.82, 2.24) is 4.90 Å². The van der Waals surface area contributed by atoms with Crippen molar-refractivity contribution in [1.29, 1.82) is 0 Å². The third-order valence-corrected chi connectivity index (χ3v) is 5.07. The summed E-state index contributed by atoms with van der Waals surface area (Å²) in [5.74, 6) is -0.146. The van der Waals surface area contributed by atoms with Gasteiger partial charge in [-0.25, -0.2) is 0 Å². The van der Waals surface area contributed by atoms with E-state index < -0.39 is 0 Å². The van der Waals surface area contributed by atoms with Gasteiger partial charge in [-0.2, -0.15) is 0 Å². The fraction of sp³-hybridized carbons (Fsp3) is 0.263. The molecule has 0 spiro atoms. The maximum atomic E-state index is 12.3. The molecule has 1 aliphatic rings. The first-order chi connectivity index (χ1) is 11.5. The van der Waals surface area contributed by atoms with Crippen molar-refractivity contribution in [3.63, 3.8) is 0 Å². The van der Waals surface area contributed by atoms with E-state index in [9.17, 15) is 9.59 Å². The second kappa shape index (κ2) is 7.18. The van der Waals surface area contributed by atoms with Gasteiger partial charge in [0.05, 0.1) is 0 Å². The molecule has 1 fully saturated rings. The fourth-order valence-electron chi connectivity index (χ4n) is 2.74. The highest BCUT2D eigenvalue weighted by Crippen LogP contribution is 2.21. The van der Waals surface area contributed by atoms with E-state index in [0.717, 1.165) is 41.7 Å². The number of hydrogen-bond donors (Lipinski definition) is 1. The Bertz CT molecular complexity index is 765. The van der Waals surface area contributed by atoms with Crippen LogP contribution in [0.5, 0.6) is 0 Å². The Balaban J connectivity index is 1.69. The predicted molar refractivity (Wildman–Crippen MR) is 98.4 cm³/mol. The molecule has 4 nitrogen and oxygen atoms in total. The van der Waals surface area contributed by atoms with Gasteiger partial charge in [0.25, 0.3) is 11.8 Å². The zero-order valence-electron chi connectivity index (χ0n) is 13.5. The molecule has 1 heterocycles. The molecule has 24 heavy (non-hydrogen) atoms. The van der Waals surface area contributed by atoms with Crippen LogP contribution in [0, 0.1) is 6.92 Å². The molecule has 1 saturated heterocycles. The highest BCUT2D eigenvalue weighted by Gasteiger charge is 2.19. The van der Waals surface area contributed by atoms with E-state index in [4.69, 9.17) is 0 Å². The second-order valence-corrected chi connectivity index (χ2v) is 6.85. The van der Waals surface area contributed by atoms with E-state index in [0.29, 0.717) is 11.1 Å². The molecule has 0 saturated carbocycles. The van der Waals surface area contributed by atoms with Crippen molar-refractivity contribution in [2.75, 3.05) is 18.4 Å². The van der Waals surface area contributed by atoms with Gasteiger partial charge in [-0.15, -0.1) is 0 Å². The molecule has 0 aromatic heterocycles. The lowest BCUT2D eigenvalue weighted by Gasteiger charge is -2.15. The monoisotopic (exact) mass is 386 g/mol. The number of aryl methyl sites for hydroxylation is 1. The highest BCUT2D eigenvalue weighted by molar-refractivity contribution is 9.10. The van der Waals surface area contributed by atoms with E-state index >= 15 is 0 Å². The Morgan fingerprint density at radius 2 is 1.62 bits per heavy atom. The van der Waals surface area contributed by atoms with E-state index in [1.54, 1.807) is 24.3 Å². The van der Waals surface area contributed by atoms with E-state index in [1.165, 1.54) is 0 Å². The molecule has 0 radical (unpaired) electrons. The number of anilines is 1. The summed E-state index contributed by atoms with van der Waals surface area (Å²) in [6.45, 7) is 3.64. The summed E-state index contributed by atoms with van der Waals surface area (Å²) in [5, 5.41) is 2.87. The quantitative estimate of drug-likeness (QED) is 0.856. The van der Waals surface area contributed by atoms with Gasteiger partial charge in [-0.1, -0.05) is 22.0 Å². The fourth-order valence-corrected chi connectivity index (χ4v) is 3.12. The molecule has 2 amide bonds. The summed E-state index contributed by atoms with van der Waals surface area (Å²) in [5.41, 5.74) is 3.00. The molecule has 0 atom stereocenters. The molecule has 1 N–H and O–H groups in total. The Morgan fingerprint density at radius 3 is 2.25 bits per heavy atom. The number of nitrogens with zero attached hydrogens (tertiary/aromatic N) is 1. The molecule has 5 heteroatoms. The van der Waals surface area contributed by atoms with Crippen molar-refractivity contribution < 1.29 is 9.59 Å². The Labute approximate surface area is 150 Å². The number of benzene rings is 2. The molecule has 3 rings (SSSR count). The maximum absolute atomic E-state index is 12.3. The van der Waals surface area contributed by atoms with E-state index in [1.807, 2.05) is 30.0 Å². The average Bonchev–Trinajstić information content (AvgIpc) is 3.12. The molecular formula is C19H19BrN2O2. The first-order valence-electron chi connectivity index (χ1n) is 8.01. The van der Waals surface area contributed by atoms with Crippen molar-refractivity contribution in [3.8, 4) is 0 Å². The number of halogens is 1. The number of rotatable bonds is 3. The lowest BCUT2D eigenvalue weighted by molar-refractivity contribution is 0.0792. The third-order valence-electron chi connectivity index (χ3n) is 4.22. The molecule has 124 valence electrons. The summed E-state index contributed by atoms with van der Waals surface area (Å²) >= 11 is 3.46. The van der Waals surface area contributed by atoms with Gasteiger partial charge in [-0.05, 0) is 61.7 Å². The zero-order valence-corrected chi connectivity index (χ0v) is 15.1. The minimum atomic E-state index is -0.189. The number of carbonyl (C=O) groups is 2. The van der Waals surface area contributed by atoms with E-state index in [-0.39, 0.29) is 11.8 Å². The van der Waals surface area contributed by atoms with Crippen LogP contribution in [0.15, 0.2) is 46.9 Å². The van der Waals surface area contributed by atoms with Crippen LogP contribution < -0.4 is 5.32 Å². The lowest BCUT2D eigenvalue weighted by Crippen LogP contribution is -2.27. The van der Waals surface area contributed by atoms with Crippen LogP contribution in [-0.2, 0) is 0 Å². The highest BCUT2D eigenvalue weighted by atomic mass is 79.9. The van der Waals surface area contributed by atoms with Crippen LogP contribution in [0.1, 0.15) is 39.1 Å². The van der Waals surface area contributed by atoms with Gasteiger partial charge in [-0.3, -0.25) is 9.59 Å². The standard InChI is InChI=1S/C19H19BrN2O2/c1-13-4-9-16(12-17(13)20)21-18(23)14-5-7-15(8-6-14)19(24)22-10-2-3-11-22/h4-9,12H,2-3,10-11H2,1H3,(H,21,23). The van der Waals surface area contributed by atoms with Crippen LogP contribution in [0.4, 0.5) is 5.69 Å². The average molecular weight is 387 g/mol. The van der Waals surface area contributed by atoms with Crippen molar-refractivity contribution in [3.05, 3.63) is 63.6 Å². The predicted octanol–water partition coefficient (Wildman–Crippen LogP) is 4.25. The first kappa shape index (κ1) is 16.7. The smallest absolute Gasteiger partial charge is 0.255 e. The maximum Gasteiger partial charge on any atom is 0.255 e. The summed E-state index contributed by atoms with van der Waals surface area (Å²) < 4.78 is 0.951. The summed E-state index contributed by atoms with van der Waals surface area (Å²) in [6, 6.07) is 12.5. The Hall–Kier alpha value is -2.14. The molecule has 1 aliphatic heterocycles. The molecule has 2 aromatic carbocycles. The minimum absolute atomic E-state index is 0.0434. The van der Waals surface area contributed by atoms with Crippen molar-refractivity contribution >= 4 is 33.4 Å². The Kier molecular flexibility index (Phi) is 5.00. The van der Waals surface area contributed by atoms with Crippen molar-refractivity contribution in [2.45, 2.75) is 19.8 Å². The van der Waals surface area contributed by atoms with Crippen LogP contribution in [0.25, 0.3) is 0 Å². The van der Waals surface area contributed by atoms with Gasteiger partial charge in [0.15, 0.2) is 0 Å². The van der Waals surface area contributed by atoms with Gasteiger partial charge < -0.3 is 10.2 Å². The zero-order chi connectivity index (χ0) is 17.1. The van der Waals surface area contributed by atoms with Crippen LogP contribution >= 0.6 is 15.9 Å². The summed E-state index contributed by atoms with van der Waals surface area (Å²) in [4.78, 5) is 26.5. The van der Waals surface area contributed by atoms with Crippen LogP contribution in [0.3, 0.4) is 0 Å². The first-order valence-corrected chi connectivity index (χ1v) is 8.81. The molecule has 0 aliphatic carbocycles. The largest absolute Gasteiger partial charge is 0.339 e. The van der Waals surface area contributed by atoms with Gasteiger partial charge in [0.2, 0.25) is 0 Å². The molecule has 2 aromatic rings. The number of likely N-dealkylation sites (tertiary alicyclic amines) is 1. The van der Waals surface area contributed by atoms with Gasteiger partial charge in [0.1, 0.15) is 0 Å². The molecule has 0 bridgehead atoms. The summed E-state index contributed by atoms with van der Waals surface area (Å²) in [7, 11) is 0.